The van der Waals surface area contributed by atoms with E-state index >= 15 is 0 Å². The van der Waals surface area contributed by atoms with Crippen molar-refractivity contribution in [2.45, 2.75) is 13.3 Å². The summed E-state index contributed by atoms with van der Waals surface area (Å²) < 4.78 is 5.22. The van der Waals surface area contributed by atoms with E-state index in [1.807, 2.05) is 6.07 Å². The number of carbonyl (C=O) groups is 1. The molecule has 1 aliphatic heterocycles. The van der Waals surface area contributed by atoms with Gasteiger partial charge >= 0.3 is 0 Å². The van der Waals surface area contributed by atoms with Crippen molar-refractivity contribution in [3.8, 4) is 0 Å². The molecular weight excluding hydrogens is 224 g/mol. The van der Waals surface area contributed by atoms with Crippen molar-refractivity contribution in [2.24, 2.45) is 0 Å². The number of morpholine rings is 1. The lowest BCUT2D eigenvalue weighted by molar-refractivity contribution is 0.0304. The fourth-order valence-electron chi connectivity index (χ4n) is 1.74. The van der Waals surface area contributed by atoms with Crippen molar-refractivity contribution in [3.05, 3.63) is 16.5 Å². The number of aryl methyl sites for hydroxylation is 1. The molecule has 88 valence electrons. The Hall–Kier alpha value is -1.07. The summed E-state index contributed by atoms with van der Waals surface area (Å²) in [5.41, 5.74) is 6.52. The van der Waals surface area contributed by atoms with Crippen LogP contribution in [-0.4, -0.2) is 37.1 Å². The van der Waals surface area contributed by atoms with Crippen molar-refractivity contribution in [3.63, 3.8) is 0 Å². The van der Waals surface area contributed by atoms with Gasteiger partial charge in [0, 0.05) is 18.0 Å². The highest BCUT2D eigenvalue weighted by atomic mass is 32.1. The van der Waals surface area contributed by atoms with Gasteiger partial charge < -0.3 is 15.4 Å². The summed E-state index contributed by atoms with van der Waals surface area (Å²) in [4.78, 5) is 15.1. The minimum atomic E-state index is 0.0387. The molecule has 1 amide bonds. The number of nitrogen functional groups attached to an aromatic ring is 1. The van der Waals surface area contributed by atoms with E-state index in [1.54, 1.807) is 4.90 Å². The number of rotatable bonds is 2. The number of amides is 1. The van der Waals surface area contributed by atoms with Crippen LogP contribution in [0.1, 0.15) is 22.2 Å². The Bertz CT molecular complexity index is 383. The third kappa shape index (κ3) is 2.20. The van der Waals surface area contributed by atoms with Crippen LogP contribution >= 0.6 is 11.3 Å². The maximum Gasteiger partial charge on any atom is 0.257 e. The Morgan fingerprint density at radius 1 is 1.56 bits per heavy atom. The molecule has 1 aromatic rings. The molecule has 2 rings (SSSR count). The highest BCUT2D eigenvalue weighted by Gasteiger charge is 2.21. The minimum absolute atomic E-state index is 0.0387. The highest BCUT2D eigenvalue weighted by Crippen LogP contribution is 2.26. The molecule has 5 heteroatoms. The molecule has 0 atom stereocenters. The number of nitrogens with two attached hydrogens (primary N) is 1. The quantitative estimate of drug-likeness (QED) is 0.849. The van der Waals surface area contributed by atoms with Gasteiger partial charge in [-0.15, -0.1) is 11.3 Å². The zero-order valence-electron chi connectivity index (χ0n) is 9.36. The van der Waals surface area contributed by atoms with Gasteiger partial charge in [0.15, 0.2) is 0 Å². The van der Waals surface area contributed by atoms with Gasteiger partial charge in [-0.05, 0) is 12.5 Å². The lowest BCUT2D eigenvalue weighted by atomic mass is 10.2. The predicted molar refractivity (Wildman–Crippen MR) is 64.8 cm³/mol. The third-order valence-electron chi connectivity index (χ3n) is 2.69. The first-order valence-corrected chi connectivity index (χ1v) is 6.29. The number of hydrogen-bond donors (Lipinski definition) is 1. The van der Waals surface area contributed by atoms with Gasteiger partial charge in [0.1, 0.15) is 0 Å². The van der Waals surface area contributed by atoms with Gasteiger partial charge in [0.05, 0.1) is 23.8 Å². The molecule has 2 N–H and O–H groups in total. The van der Waals surface area contributed by atoms with Crippen LogP contribution in [0, 0.1) is 0 Å². The number of carbonyl (C=O) groups excluding carboxylic acids is 1. The van der Waals surface area contributed by atoms with Crippen LogP contribution in [0.4, 0.5) is 5.00 Å². The van der Waals surface area contributed by atoms with E-state index < -0.39 is 0 Å². The van der Waals surface area contributed by atoms with Crippen LogP contribution in [0.3, 0.4) is 0 Å². The molecule has 2 heterocycles. The molecule has 1 aromatic heterocycles. The number of ether oxygens (including phenoxy) is 1. The van der Waals surface area contributed by atoms with E-state index in [1.165, 1.54) is 11.3 Å². The standard InChI is InChI=1S/C11H16N2O2S/c1-2-8-7-9(10(12)16-8)11(14)13-3-5-15-6-4-13/h7H,2-6,12H2,1H3. The van der Waals surface area contributed by atoms with Gasteiger partial charge in [-0.2, -0.15) is 0 Å². The number of thiophene rings is 1. The van der Waals surface area contributed by atoms with Crippen LogP contribution < -0.4 is 5.73 Å². The van der Waals surface area contributed by atoms with Gasteiger partial charge in [-0.3, -0.25) is 4.79 Å². The first-order chi connectivity index (χ1) is 7.72. The lowest BCUT2D eigenvalue weighted by Gasteiger charge is -2.26. The van der Waals surface area contributed by atoms with Crippen molar-refractivity contribution in [1.82, 2.24) is 4.90 Å². The average Bonchev–Trinajstić information content (AvgIpc) is 2.71. The second-order valence-electron chi connectivity index (χ2n) is 3.75. The molecule has 0 aliphatic carbocycles. The van der Waals surface area contributed by atoms with Crippen LogP contribution in [0.15, 0.2) is 6.07 Å². The fourth-order valence-corrected chi connectivity index (χ4v) is 2.60. The van der Waals surface area contributed by atoms with Crippen LogP contribution in [-0.2, 0) is 11.2 Å². The Kier molecular flexibility index (Phi) is 3.46. The van der Waals surface area contributed by atoms with E-state index in [0.717, 1.165) is 11.3 Å². The molecule has 0 spiro atoms. The summed E-state index contributed by atoms with van der Waals surface area (Å²) in [6, 6.07) is 1.91. The smallest absolute Gasteiger partial charge is 0.257 e. The first kappa shape index (κ1) is 11.4. The van der Waals surface area contributed by atoms with Crippen molar-refractivity contribution >= 4 is 22.2 Å². The van der Waals surface area contributed by atoms with E-state index in [0.29, 0.717) is 36.9 Å². The minimum Gasteiger partial charge on any atom is -0.390 e. The third-order valence-corrected chi connectivity index (χ3v) is 3.80. The molecule has 0 unspecified atom stereocenters. The van der Waals surface area contributed by atoms with Crippen molar-refractivity contribution in [2.75, 3.05) is 32.0 Å². The summed E-state index contributed by atoms with van der Waals surface area (Å²) in [6.45, 7) is 4.63. The second kappa shape index (κ2) is 4.84. The lowest BCUT2D eigenvalue weighted by Crippen LogP contribution is -2.40. The Labute approximate surface area is 99.0 Å². The van der Waals surface area contributed by atoms with Gasteiger partial charge in [-0.25, -0.2) is 0 Å². The SMILES string of the molecule is CCc1cc(C(=O)N2CCOCC2)c(N)s1. The molecule has 0 radical (unpaired) electrons. The normalized spacial score (nSPS) is 16.4. The molecule has 1 saturated heterocycles. The maximum absolute atomic E-state index is 12.1. The molecule has 0 aromatic carbocycles. The largest absolute Gasteiger partial charge is 0.390 e. The first-order valence-electron chi connectivity index (χ1n) is 5.47. The molecule has 0 saturated carbocycles. The van der Waals surface area contributed by atoms with Gasteiger partial charge in [-0.1, -0.05) is 6.92 Å². The number of anilines is 1. The van der Waals surface area contributed by atoms with Gasteiger partial charge in [0.25, 0.3) is 5.91 Å². The second-order valence-corrected chi connectivity index (χ2v) is 4.92. The Morgan fingerprint density at radius 2 is 2.25 bits per heavy atom. The Morgan fingerprint density at radius 3 is 2.81 bits per heavy atom. The van der Waals surface area contributed by atoms with E-state index in [4.69, 9.17) is 10.5 Å². The Balaban J connectivity index is 2.15. The molecule has 0 bridgehead atoms. The monoisotopic (exact) mass is 240 g/mol. The molecule has 1 fully saturated rings. The fraction of sp³-hybridized carbons (Fsp3) is 0.545. The average molecular weight is 240 g/mol. The topological polar surface area (TPSA) is 55.6 Å². The zero-order valence-corrected chi connectivity index (χ0v) is 10.2. The van der Waals surface area contributed by atoms with E-state index in [9.17, 15) is 4.79 Å². The molecule has 16 heavy (non-hydrogen) atoms. The number of nitrogens with zero attached hydrogens (tertiary/aromatic N) is 1. The predicted octanol–water partition coefficient (Wildman–Crippen LogP) is 1.37. The van der Waals surface area contributed by atoms with E-state index in [-0.39, 0.29) is 5.91 Å². The van der Waals surface area contributed by atoms with Crippen LogP contribution in [0.25, 0.3) is 0 Å². The maximum atomic E-state index is 12.1. The van der Waals surface area contributed by atoms with Crippen LogP contribution in [0.2, 0.25) is 0 Å². The zero-order chi connectivity index (χ0) is 11.5. The molecule has 4 nitrogen and oxygen atoms in total. The van der Waals surface area contributed by atoms with Gasteiger partial charge in [0.2, 0.25) is 0 Å². The molecular formula is C11H16N2O2S. The summed E-state index contributed by atoms with van der Waals surface area (Å²) >= 11 is 1.51. The highest BCUT2D eigenvalue weighted by molar-refractivity contribution is 7.16. The van der Waals surface area contributed by atoms with Crippen LogP contribution in [0.5, 0.6) is 0 Å². The number of hydrogen-bond acceptors (Lipinski definition) is 4. The summed E-state index contributed by atoms with van der Waals surface area (Å²) in [5, 5.41) is 0.633. The summed E-state index contributed by atoms with van der Waals surface area (Å²) in [6.07, 6.45) is 0.922. The molecule has 1 aliphatic rings. The summed E-state index contributed by atoms with van der Waals surface area (Å²) in [7, 11) is 0. The summed E-state index contributed by atoms with van der Waals surface area (Å²) in [5.74, 6) is 0.0387. The van der Waals surface area contributed by atoms with E-state index in [2.05, 4.69) is 6.92 Å². The van der Waals surface area contributed by atoms with Crippen molar-refractivity contribution in [1.29, 1.82) is 0 Å². The van der Waals surface area contributed by atoms with Crippen molar-refractivity contribution < 1.29 is 9.53 Å².